The third kappa shape index (κ3) is 54.6. The zero-order valence-electron chi connectivity index (χ0n) is 48.8. The van der Waals surface area contributed by atoms with Crippen LogP contribution in [-0.2, 0) is 27.9 Å². The van der Waals surface area contributed by atoms with Gasteiger partial charge in [0.15, 0.2) is 0 Å². The summed E-state index contributed by atoms with van der Waals surface area (Å²) in [6.45, 7) is 6.82. The molecule has 0 fully saturated rings. The molecule has 0 saturated heterocycles. The Hall–Kier alpha value is -2.03. The molecule has 10 heteroatoms. The number of carbonyl (C=O) groups excluding carboxylic acids is 2. The number of phosphoric ester groups is 1. The molecule has 0 aliphatic heterocycles. The number of carbonyl (C=O) groups is 2. The average Bonchev–Trinajstić information content (AvgIpc) is 3.35. The number of rotatable bonds is 56. The third-order valence-corrected chi connectivity index (χ3v) is 14.7. The van der Waals surface area contributed by atoms with Crippen molar-refractivity contribution < 1.29 is 37.3 Å². The number of esters is 1. The van der Waals surface area contributed by atoms with Crippen molar-refractivity contribution in [2.75, 3.05) is 40.9 Å². The molecule has 0 bridgehead atoms. The summed E-state index contributed by atoms with van der Waals surface area (Å²) in [5, 5.41) is 3.03. The molecule has 0 aromatic rings. The van der Waals surface area contributed by atoms with Crippen LogP contribution in [0.2, 0.25) is 0 Å². The Kier molecular flexibility index (Phi) is 51.9. The van der Waals surface area contributed by atoms with Gasteiger partial charge in [-0.05, 0) is 83.1 Å². The van der Waals surface area contributed by atoms with E-state index in [1.54, 1.807) is 0 Å². The molecule has 0 saturated carbocycles. The monoisotopic (exact) mass is 1050 g/mol. The van der Waals surface area contributed by atoms with Crippen molar-refractivity contribution >= 4 is 19.7 Å². The Bertz CT molecular complexity index is 1390. The van der Waals surface area contributed by atoms with Gasteiger partial charge in [-0.25, -0.2) is 0 Å². The van der Waals surface area contributed by atoms with E-state index < -0.39 is 26.6 Å². The van der Waals surface area contributed by atoms with Gasteiger partial charge in [-0.1, -0.05) is 243 Å². The Morgan fingerprint density at radius 2 is 0.836 bits per heavy atom. The smallest absolute Gasteiger partial charge is 0.306 e. The zero-order valence-corrected chi connectivity index (χ0v) is 49.7. The molecule has 9 nitrogen and oxygen atoms in total. The lowest BCUT2D eigenvalue weighted by atomic mass is 10.0. The van der Waals surface area contributed by atoms with Gasteiger partial charge in [-0.2, -0.15) is 0 Å². The first-order valence-corrected chi connectivity index (χ1v) is 32.4. The van der Waals surface area contributed by atoms with E-state index in [0.29, 0.717) is 17.4 Å². The van der Waals surface area contributed by atoms with Crippen molar-refractivity contribution in [2.24, 2.45) is 0 Å². The molecule has 0 aromatic heterocycles. The molecule has 428 valence electrons. The number of amides is 1. The van der Waals surface area contributed by atoms with Crippen LogP contribution in [0.3, 0.4) is 0 Å². The van der Waals surface area contributed by atoms with Crippen LogP contribution in [0.25, 0.3) is 0 Å². The van der Waals surface area contributed by atoms with Gasteiger partial charge in [0.25, 0.3) is 7.82 Å². The molecular formula is C63H119N2O7P. The van der Waals surface area contributed by atoms with Gasteiger partial charge in [-0.3, -0.25) is 14.2 Å². The summed E-state index contributed by atoms with van der Waals surface area (Å²) in [5.41, 5.74) is 0. The van der Waals surface area contributed by atoms with Crippen LogP contribution < -0.4 is 10.2 Å². The number of hydrogen-bond donors (Lipinski definition) is 1. The lowest BCUT2D eigenvalue weighted by molar-refractivity contribution is -0.870. The minimum absolute atomic E-state index is 0.0243. The van der Waals surface area contributed by atoms with Crippen LogP contribution in [-0.4, -0.2) is 69.4 Å². The molecule has 1 amide bonds. The van der Waals surface area contributed by atoms with Crippen LogP contribution >= 0.6 is 7.82 Å². The standard InChI is InChI=1S/C63H119N2O7P/c1-7-10-13-16-19-22-25-28-30-31-32-33-35-37-40-43-46-49-52-55-62(66)64-60(59-71-73(68,69)70-58-57-65(4,5)6)61(54-51-48-45-42-39-36-27-24-21-18-15-12-9-3)72-63(67)56-53-50-47-44-41-38-34-29-26-23-20-17-14-11-8-2/h20,23,26,28-30,51,54,60-61H,7-19,21-22,24-25,27,31-50,52-53,55-59H2,1-6H3,(H-,64,66,68,69)/b23-20+,29-26+,30-28+,54-51-. The minimum Gasteiger partial charge on any atom is -0.756 e. The second-order valence-electron chi connectivity index (χ2n) is 22.2. The fraction of sp³-hybridized carbons (Fsp3) is 0.841. The topological polar surface area (TPSA) is 114 Å². The number of nitrogens with one attached hydrogen (secondary N) is 1. The summed E-state index contributed by atoms with van der Waals surface area (Å²) in [4.78, 5) is 40.0. The highest BCUT2D eigenvalue weighted by molar-refractivity contribution is 7.45. The van der Waals surface area contributed by atoms with E-state index in [2.05, 4.69) is 62.5 Å². The van der Waals surface area contributed by atoms with Crippen molar-refractivity contribution in [3.63, 3.8) is 0 Å². The number of unbranched alkanes of at least 4 members (excludes halogenated alkanes) is 35. The van der Waals surface area contributed by atoms with E-state index in [1.807, 2.05) is 33.3 Å². The molecule has 0 aliphatic carbocycles. The van der Waals surface area contributed by atoms with Gasteiger partial charge < -0.3 is 28.5 Å². The Balaban J connectivity index is 5.29. The third-order valence-electron chi connectivity index (χ3n) is 13.8. The molecule has 0 radical (unpaired) electrons. The predicted octanol–water partition coefficient (Wildman–Crippen LogP) is 18.3. The summed E-state index contributed by atoms with van der Waals surface area (Å²) in [7, 11) is 1.18. The van der Waals surface area contributed by atoms with Gasteiger partial charge >= 0.3 is 5.97 Å². The number of quaternary nitrogens is 1. The van der Waals surface area contributed by atoms with Crippen LogP contribution in [0.5, 0.6) is 0 Å². The van der Waals surface area contributed by atoms with Crippen LogP contribution in [0.1, 0.15) is 290 Å². The normalized spacial score (nSPS) is 14.0. The molecule has 0 heterocycles. The molecule has 3 atom stereocenters. The van der Waals surface area contributed by atoms with E-state index in [1.165, 1.54) is 180 Å². The minimum atomic E-state index is -4.70. The lowest BCUT2D eigenvalue weighted by Crippen LogP contribution is -2.47. The largest absolute Gasteiger partial charge is 0.756 e. The predicted molar refractivity (Wildman–Crippen MR) is 312 cm³/mol. The number of hydrogen-bond acceptors (Lipinski definition) is 7. The fourth-order valence-electron chi connectivity index (χ4n) is 8.92. The maximum Gasteiger partial charge on any atom is 0.306 e. The second kappa shape index (κ2) is 53.4. The maximum absolute atomic E-state index is 13.5. The molecular weight excluding hydrogens is 928 g/mol. The first-order valence-electron chi connectivity index (χ1n) is 31.0. The second-order valence-corrected chi connectivity index (χ2v) is 23.6. The van der Waals surface area contributed by atoms with Gasteiger partial charge in [0.05, 0.1) is 33.8 Å². The Labute approximate surface area is 452 Å². The Morgan fingerprint density at radius 1 is 0.479 bits per heavy atom. The molecule has 0 aliphatic rings. The highest BCUT2D eigenvalue weighted by atomic mass is 31.2. The number of likely N-dealkylation sites (N-methyl/N-ethyl adjacent to an activating group) is 1. The maximum atomic E-state index is 13.5. The fourth-order valence-corrected chi connectivity index (χ4v) is 9.64. The van der Waals surface area contributed by atoms with E-state index in [4.69, 9.17) is 13.8 Å². The average molecular weight is 1050 g/mol. The highest BCUT2D eigenvalue weighted by Crippen LogP contribution is 2.38. The van der Waals surface area contributed by atoms with E-state index >= 15 is 0 Å². The van der Waals surface area contributed by atoms with Crippen molar-refractivity contribution in [3.8, 4) is 0 Å². The van der Waals surface area contributed by atoms with Crippen molar-refractivity contribution in [2.45, 2.75) is 303 Å². The van der Waals surface area contributed by atoms with Gasteiger partial charge in [0.2, 0.25) is 5.91 Å². The van der Waals surface area contributed by atoms with Crippen LogP contribution in [0.15, 0.2) is 48.6 Å². The quantitative estimate of drug-likeness (QED) is 0.0161. The zero-order chi connectivity index (χ0) is 53.6. The van der Waals surface area contributed by atoms with Gasteiger partial charge in [0.1, 0.15) is 19.3 Å². The number of allylic oxidation sites excluding steroid dienone is 7. The molecule has 73 heavy (non-hydrogen) atoms. The summed E-state index contributed by atoms with van der Waals surface area (Å²) >= 11 is 0. The van der Waals surface area contributed by atoms with Crippen molar-refractivity contribution in [3.05, 3.63) is 48.6 Å². The van der Waals surface area contributed by atoms with Crippen LogP contribution in [0, 0.1) is 0 Å². The van der Waals surface area contributed by atoms with Gasteiger partial charge in [0, 0.05) is 12.8 Å². The number of phosphoric acid groups is 1. The molecule has 1 N–H and O–H groups in total. The molecule has 0 rings (SSSR count). The highest BCUT2D eigenvalue weighted by Gasteiger charge is 2.27. The van der Waals surface area contributed by atoms with Crippen molar-refractivity contribution in [1.82, 2.24) is 5.32 Å². The van der Waals surface area contributed by atoms with Crippen molar-refractivity contribution in [1.29, 1.82) is 0 Å². The van der Waals surface area contributed by atoms with E-state index in [-0.39, 0.29) is 24.9 Å². The molecule has 0 aromatic carbocycles. The lowest BCUT2D eigenvalue weighted by Gasteiger charge is -2.30. The first kappa shape index (κ1) is 71.0. The summed E-state index contributed by atoms with van der Waals surface area (Å²) in [5.74, 6) is -0.549. The number of nitrogens with zero attached hydrogens (tertiary/aromatic N) is 1. The SMILES string of the molecule is CCCCC/C=C/C=C/CCCCCCCCC(=O)OC(/C=C\CCCCCCCCCCCCC)C(COP(=O)([O-])OCC[N+](C)(C)C)NC(=O)CCCCCCCCCCC/C=C/CCCCCCCC. The van der Waals surface area contributed by atoms with Crippen LogP contribution in [0.4, 0.5) is 0 Å². The van der Waals surface area contributed by atoms with E-state index in [9.17, 15) is 19.0 Å². The van der Waals surface area contributed by atoms with E-state index in [0.717, 1.165) is 77.0 Å². The van der Waals surface area contributed by atoms with Gasteiger partial charge in [-0.15, -0.1) is 0 Å². The molecule has 0 spiro atoms. The number of ether oxygens (including phenoxy) is 1. The summed E-state index contributed by atoms with van der Waals surface area (Å²) in [6.07, 6.45) is 64.9. The summed E-state index contributed by atoms with van der Waals surface area (Å²) < 4.78 is 30.3. The Morgan fingerprint density at radius 3 is 1.27 bits per heavy atom. The molecule has 3 unspecified atom stereocenters. The first-order chi connectivity index (χ1) is 35.4. The summed E-state index contributed by atoms with van der Waals surface area (Å²) in [6, 6.07) is -0.893.